The van der Waals surface area contributed by atoms with Crippen LogP contribution in [0.5, 0.6) is 0 Å². The average molecular weight is 126 g/mol. The van der Waals surface area contributed by atoms with Crippen molar-refractivity contribution in [2.45, 2.75) is 26.7 Å². The Hall–Kier alpha value is -0.590. The predicted molar refractivity (Wildman–Crippen MR) is 39.3 cm³/mol. The maximum Gasteiger partial charge on any atom is 0.120 e. The molecule has 0 aromatic carbocycles. The van der Waals surface area contributed by atoms with Crippen LogP contribution in [0.1, 0.15) is 26.7 Å². The van der Waals surface area contributed by atoms with Gasteiger partial charge in [0, 0.05) is 6.42 Å². The van der Waals surface area contributed by atoms with Gasteiger partial charge in [0.1, 0.15) is 6.29 Å². The second-order valence-corrected chi connectivity index (χ2v) is 2.25. The molecule has 0 amide bonds. The second-order valence-electron chi connectivity index (χ2n) is 2.25. The summed E-state index contributed by atoms with van der Waals surface area (Å²) in [6.45, 7) is 4.11. The van der Waals surface area contributed by atoms with E-state index in [0.29, 0.717) is 12.3 Å². The van der Waals surface area contributed by atoms with Crippen LogP contribution in [0.4, 0.5) is 0 Å². The molecule has 52 valence electrons. The molecule has 0 spiro atoms. The molecule has 0 radical (unpaired) electrons. The quantitative estimate of drug-likeness (QED) is 0.417. The monoisotopic (exact) mass is 126 g/mol. The van der Waals surface area contributed by atoms with Gasteiger partial charge in [-0.1, -0.05) is 19.1 Å². The van der Waals surface area contributed by atoms with Crippen molar-refractivity contribution in [2.75, 3.05) is 0 Å². The van der Waals surface area contributed by atoms with Crippen molar-refractivity contribution in [3.05, 3.63) is 12.2 Å². The Labute approximate surface area is 56.8 Å². The summed E-state index contributed by atoms with van der Waals surface area (Å²) in [5, 5.41) is 0. The zero-order valence-corrected chi connectivity index (χ0v) is 6.13. The van der Waals surface area contributed by atoms with Gasteiger partial charge in [-0.25, -0.2) is 0 Å². The topological polar surface area (TPSA) is 17.1 Å². The van der Waals surface area contributed by atoms with Crippen LogP contribution in [0.25, 0.3) is 0 Å². The Morgan fingerprint density at radius 2 is 2.22 bits per heavy atom. The molecule has 1 unspecified atom stereocenters. The zero-order valence-electron chi connectivity index (χ0n) is 6.13. The number of hydrogen-bond donors (Lipinski definition) is 0. The second kappa shape index (κ2) is 5.54. The molecule has 0 aliphatic heterocycles. The maximum atomic E-state index is 9.89. The predicted octanol–water partition coefficient (Wildman–Crippen LogP) is 2.18. The van der Waals surface area contributed by atoms with Gasteiger partial charge in [-0.3, -0.25) is 0 Å². The van der Waals surface area contributed by atoms with Crippen LogP contribution in [0, 0.1) is 5.92 Å². The van der Waals surface area contributed by atoms with E-state index in [2.05, 4.69) is 13.0 Å². The number of allylic oxidation sites excluding steroid dienone is 2. The fourth-order valence-electron chi connectivity index (χ4n) is 0.756. The van der Waals surface area contributed by atoms with E-state index in [0.717, 1.165) is 12.7 Å². The van der Waals surface area contributed by atoms with Crippen LogP contribution >= 0.6 is 0 Å². The molecule has 0 aliphatic carbocycles. The van der Waals surface area contributed by atoms with Gasteiger partial charge in [0.2, 0.25) is 0 Å². The lowest BCUT2D eigenvalue weighted by Crippen LogP contribution is -1.88. The van der Waals surface area contributed by atoms with E-state index in [9.17, 15) is 4.79 Å². The first-order valence-electron chi connectivity index (χ1n) is 3.37. The lowest BCUT2D eigenvalue weighted by atomic mass is 10.1. The molecule has 0 aromatic heterocycles. The lowest BCUT2D eigenvalue weighted by Gasteiger charge is -1.99. The Morgan fingerprint density at radius 1 is 1.56 bits per heavy atom. The fourth-order valence-corrected chi connectivity index (χ4v) is 0.756. The summed E-state index contributed by atoms with van der Waals surface area (Å²) in [6.07, 6.45) is 6.78. The minimum absolute atomic E-state index is 0.556. The summed E-state index contributed by atoms with van der Waals surface area (Å²) in [4.78, 5) is 9.89. The molecular formula is C8H14O. The summed E-state index contributed by atoms with van der Waals surface area (Å²) in [7, 11) is 0. The van der Waals surface area contributed by atoms with E-state index in [1.54, 1.807) is 0 Å². The van der Waals surface area contributed by atoms with Crippen LogP contribution in [0.2, 0.25) is 0 Å². The van der Waals surface area contributed by atoms with Crippen LogP contribution in [0.3, 0.4) is 0 Å². The highest BCUT2D eigenvalue weighted by molar-refractivity contribution is 5.49. The van der Waals surface area contributed by atoms with E-state index in [4.69, 9.17) is 0 Å². The fraction of sp³-hybridized carbons (Fsp3) is 0.625. The third-order valence-electron chi connectivity index (χ3n) is 1.26. The number of carbonyl (C=O) groups is 1. The Balaban J connectivity index is 3.25. The maximum absolute atomic E-state index is 9.89. The Morgan fingerprint density at radius 3 is 2.67 bits per heavy atom. The van der Waals surface area contributed by atoms with Crippen molar-refractivity contribution >= 4 is 6.29 Å². The SMILES string of the molecule is C/C=C/C(C)CCC=O. The zero-order chi connectivity index (χ0) is 7.11. The number of hydrogen-bond acceptors (Lipinski definition) is 1. The van der Waals surface area contributed by atoms with Gasteiger partial charge < -0.3 is 4.79 Å². The van der Waals surface area contributed by atoms with E-state index in [1.807, 2.05) is 13.0 Å². The molecule has 0 saturated heterocycles. The summed E-state index contributed by atoms with van der Waals surface area (Å²) in [5.74, 6) is 0.556. The summed E-state index contributed by atoms with van der Waals surface area (Å²) >= 11 is 0. The molecule has 0 aromatic rings. The van der Waals surface area contributed by atoms with Gasteiger partial charge in [0.15, 0.2) is 0 Å². The molecule has 0 N–H and O–H groups in total. The third kappa shape index (κ3) is 5.28. The van der Waals surface area contributed by atoms with Gasteiger partial charge in [0.25, 0.3) is 0 Å². The summed E-state index contributed by atoms with van der Waals surface area (Å²) in [6, 6.07) is 0. The number of rotatable bonds is 4. The smallest absolute Gasteiger partial charge is 0.120 e. The van der Waals surface area contributed by atoms with Crippen LogP contribution < -0.4 is 0 Å². The van der Waals surface area contributed by atoms with Crippen LogP contribution in [-0.4, -0.2) is 6.29 Å². The third-order valence-corrected chi connectivity index (χ3v) is 1.26. The molecule has 0 aliphatic rings. The van der Waals surface area contributed by atoms with E-state index in [-0.39, 0.29) is 0 Å². The van der Waals surface area contributed by atoms with E-state index >= 15 is 0 Å². The van der Waals surface area contributed by atoms with Crippen LogP contribution in [-0.2, 0) is 4.79 Å². The Bertz CT molecular complexity index is 94.7. The van der Waals surface area contributed by atoms with Gasteiger partial charge in [0.05, 0.1) is 0 Å². The summed E-state index contributed by atoms with van der Waals surface area (Å²) in [5.41, 5.74) is 0. The van der Waals surface area contributed by atoms with Crippen molar-refractivity contribution in [2.24, 2.45) is 5.92 Å². The number of aldehydes is 1. The minimum atomic E-state index is 0.556. The highest BCUT2D eigenvalue weighted by atomic mass is 16.1. The molecule has 0 saturated carbocycles. The molecule has 0 rings (SSSR count). The van der Waals surface area contributed by atoms with Crippen molar-refractivity contribution in [3.8, 4) is 0 Å². The van der Waals surface area contributed by atoms with Gasteiger partial charge in [-0.2, -0.15) is 0 Å². The molecule has 0 bridgehead atoms. The molecular weight excluding hydrogens is 112 g/mol. The molecule has 9 heavy (non-hydrogen) atoms. The molecule has 1 heteroatoms. The first kappa shape index (κ1) is 8.41. The van der Waals surface area contributed by atoms with Crippen LogP contribution in [0.15, 0.2) is 12.2 Å². The molecule has 1 atom stereocenters. The van der Waals surface area contributed by atoms with Crippen molar-refractivity contribution in [1.82, 2.24) is 0 Å². The van der Waals surface area contributed by atoms with E-state index in [1.165, 1.54) is 0 Å². The molecule has 1 nitrogen and oxygen atoms in total. The average Bonchev–Trinajstić information content (AvgIpc) is 1.85. The van der Waals surface area contributed by atoms with Gasteiger partial charge in [-0.15, -0.1) is 0 Å². The molecule has 0 heterocycles. The van der Waals surface area contributed by atoms with Crippen molar-refractivity contribution in [3.63, 3.8) is 0 Å². The van der Waals surface area contributed by atoms with E-state index < -0.39 is 0 Å². The summed E-state index contributed by atoms with van der Waals surface area (Å²) < 4.78 is 0. The standard InChI is InChI=1S/C8H14O/c1-3-5-8(2)6-4-7-9/h3,5,7-8H,4,6H2,1-2H3/b5-3+. The highest BCUT2D eigenvalue weighted by Gasteiger charge is 1.93. The van der Waals surface area contributed by atoms with Crippen molar-refractivity contribution in [1.29, 1.82) is 0 Å². The largest absolute Gasteiger partial charge is 0.303 e. The normalized spacial score (nSPS) is 14.0. The Kier molecular flexibility index (Phi) is 5.18. The van der Waals surface area contributed by atoms with Crippen molar-refractivity contribution < 1.29 is 4.79 Å². The van der Waals surface area contributed by atoms with Gasteiger partial charge >= 0.3 is 0 Å². The molecule has 0 fully saturated rings. The highest BCUT2D eigenvalue weighted by Crippen LogP contribution is 2.04. The van der Waals surface area contributed by atoms with Gasteiger partial charge in [-0.05, 0) is 19.3 Å². The number of carbonyl (C=O) groups excluding carboxylic acids is 1. The first-order chi connectivity index (χ1) is 4.31. The lowest BCUT2D eigenvalue weighted by molar-refractivity contribution is -0.108. The first-order valence-corrected chi connectivity index (χ1v) is 3.37. The minimum Gasteiger partial charge on any atom is -0.303 e.